The number of halogens is 1. The van der Waals surface area contributed by atoms with Crippen molar-refractivity contribution in [2.45, 2.75) is 13.5 Å². The summed E-state index contributed by atoms with van der Waals surface area (Å²) < 4.78 is 6.58. The molecule has 2 aromatic rings. The third-order valence-corrected chi connectivity index (χ3v) is 4.06. The molecule has 0 aromatic heterocycles. The highest BCUT2D eigenvalue weighted by Crippen LogP contribution is 2.20. The number of nitrogens with zero attached hydrogens (tertiary/aromatic N) is 1. The Kier molecular flexibility index (Phi) is 6.44. The van der Waals surface area contributed by atoms with E-state index in [-0.39, 0.29) is 6.03 Å². The summed E-state index contributed by atoms with van der Waals surface area (Å²) >= 11 is 3.50. The number of carbonyl (C=O) groups excluding carboxylic acids is 1. The van der Waals surface area contributed by atoms with Gasteiger partial charge in [-0.05, 0) is 36.3 Å². The van der Waals surface area contributed by atoms with Crippen molar-refractivity contribution in [1.82, 2.24) is 4.90 Å². The van der Waals surface area contributed by atoms with Crippen LogP contribution in [0, 0.1) is 0 Å². The zero-order valence-electron chi connectivity index (χ0n) is 13.9. The lowest BCUT2D eigenvalue weighted by Gasteiger charge is -2.19. The van der Waals surface area contributed by atoms with Crippen molar-refractivity contribution in [2.75, 3.05) is 19.0 Å². The van der Waals surface area contributed by atoms with Crippen LogP contribution in [-0.4, -0.2) is 24.6 Å². The average Bonchev–Trinajstić information content (AvgIpc) is 2.55. The zero-order chi connectivity index (χ0) is 17.5. The molecule has 1 N–H and O–H groups in total. The molecule has 0 saturated carbocycles. The first-order chi connectivity index (χ1) is 11.5. The highest BCUT2D eigenvalue weighted by molar-refractivity contribution is 9.10. The minimum atomic E-state index is -0.178. The van der Waals surface area contributed by atoms with E-state index in [1.807, 2.05) is 49.4 Å². The second-order valence-corrected chi connectivity index (χ2v) is 6.51. The Hall–Kier alpha value is -2.27. The first-order valence-electron chi connectivity index (χ1n) is 7.58. The van der Waals surface area contributed by atoms with Gasteiger partial charge in [0.05, 0.1) is 0 Å². The summed E-state index contributed by atoms with van der Waals surface area (Å²) in [4.78, 5) is 14.0. The van der Waals surface area contributed by atoms with Crippen molar-refractivity contribution < 1.29 is 9.53 Å². The highest BCUT2D eigenvalue weighted by atomic mass is 79.9. The molecular formula is C19H21BrN2O2. The molecule has 5 heteroatoms. The van der Waals surface area contributed by atoms with E-state index in [0.717, 1.165) is 15.6 Å². The van der Waals surface area contributed by atoms with Crippen molar-refractivity contribution in [1.29, 1.82) is 0 Å². The van der Waals surface area contributed by atoms with Gasteiger partial charge in [0.15, 0.2) is 0 Å². The van der Waals surface area contributed by atoms with Crippen LogP contribution in [0.2, 0.25) is 0 Å². The van der Waals surface area contributed by atoms with E-state index in [1.54, 1.807) is 18.0 Å². The molecule has 0 bridgehead atoms. The molecule has 0 atom stereocenters. The Morgan fingerprint density at radius 1 is 1.25 bits per heavy atom. The molecule has 24 heavy (non-hydrogen) atoms. The molecule has 0 unspecified atom stereocenters. The van der Waals surface area contributed by atoms with Crippen molar-refractivity contribution in [3.8, 4) is 5.75 Å². The number of carbonyl (C=O) groups is 1. The lowest BCUT2D eigenvalue weighted by atomic mass is 10.2. The number of ether oxygens (including phenoxy) is 1. The number of amides is 2. The van der Waals surface area contributed by atoms with Gasteiger partial charge in [0.2, 0.25) is 0 Å². The summed E-state index contributed by atoms with van der Waals surface area (Å²) in [7, 11) is 1.76. The highest BCUT2D eigenvalue weighted by Gasteiger charge is 2.11. The van der Waals surface area contributed by atoms with Crippen LogP contribution in [0.15, 0.2) is 65.2 Å². The van der Waals surface area contributed by atoms with Crippen molar-refractivity contribution in [3.63, 3.8) is 0 Å². The van der Waals surface area contributed by atoms with Crippen LogP contribution in [0.3, 0.4) is 0 Å². The van der Waals surface area contributed by atoms with Crippen LogP contribution in [0.25, 0.3) is 0 Å². The third kappa shape index (κ3) is 5.42. The van der Waals surface area contributed by atoms with Crippen molar-refractivity contribution in [2.24, 2.45) is 0 Å². The SMILES string of the molecule is C=C(C)COc1cccc(NC(=O)N(C)Cc2ccccc2Br)c1. The van der Waals surface area contributed by atoms with E-state index in [4.69, 9.17) is 4.74 Å². The summed E-state index contributed by atoms with van der Waals surface area (Å²) in [6, 6.07) is 15.0. The Bertz CT molecular complexity index is 731. The van der Waals surface area contributed by atoms with Gasteiger partial charge in [-0.15, -0.1) is 0 Å². The minimum Gasteiger partial charge on any atom is -0.489 e. The molecule has 2 aromatic carbocycles. The lowest BCUT2D eigenvalue weighted by Crippen LogP contribution is -2.30. The first kappa shape index (κ1) is 18.1. The van der Waals surface area contributed by atoms with E-state index in [9.17, 15) is 4.79 Å². The molecule has 2 amide bonds. The largest absolute Gasteiger partial charge is 0.489 e. The van der Waals surface area contributed by atoms with Crippen LogP contribution < -0.4 is 10.1 Å². The zero-order valence-corrected chi connectivity index (χ0v) is 15.5. The fourth-order valence-corrected chi connectivity index (χ4v) is 2.45. The Labute approximate surface area is 151 Å². The van der Waals surface area contributed by atoms with E-state index in [0.29, 0.717) is 24.6 Å². The standard InChI is InChI=1S/C19H21BrN2O2/c1-14(2)13-24-17-9-6-8-16(11-17)21-19(23)22(3)12-15-7-4-5-10-18(15)20/h4-11H,1,12-13H2,2-3H3,(H,21,23). The van der Waals surface area contributed by atoms with Gasteiger partial charge in [-0.3, -0.25) is 0 Å². The molecule has 0 aliphatic heterocycles. The number of nitrogens with one attached hydrogen (secondary N) is 1. The van der Waals surface area contributed by atoms with Crippen LogP contribution in [0.4, 0.5) is 10.5 Å². The molecule has 126 valence electrons. The predicted octanol–water partition coefficient (Wildman–Crippen LogP) is 5.07. The summed E-state index contributed by atoms with van der Waals surface area (Å²) in [5, 5.41) is 2.88. The smallest absolute Gasteiger partial charge is 0.321 e. The summed E-state index contributed by atoms with van der Waals surface area (Å²) in [6.45, 7) is 6.68. The quantitative estimate of drug-likeness (QED) is 0.701. The molecule has 4 nitrogen and oxygen atoms in total. The van der Waals surface area contributed by atoms with Gasteiger partial charge < -0.3 is 15.0 Å². The summed E-state index contributed by atoms with van der Waals surface area (Å²) in [5.74, 6) is 0.698. The molecule has 0 aliphatic rings. The van der Waals surface area contributed by atoms with Gasteiger partial charge in [-0.25, -0.2) is 4.79 Å². The Balaban J connectivity index is 1.97. The Morgan fingerprint density at radius 2 is 2.00 bits per heavy atom. The third-order valence-electron chi connectivity index (χ3n) is 3.28. The molecule has 0 spiro atoms. The number of urea groups is 1. The average molecular weight is 389 g/mol. The van der Waals surface area contributed by atoms with Gasteiger partial charge in [0.25, 0.3) is 0 Å². The second-order valence-electron chi connectivity index (χ2n) is 5.65. The van der Waals surface area contributed by atoms with Crippen LogP contribution in [-0.2, 0) is 6.54 Å². The number of hydrogen-bond acceptors (Lipinski definition) is 2. The van der Waals surface area contributed by atoms with E-state index in [1.165, 1.54) is 0 Å². The van der Waals surface area contributed by atoms with Crippen molar-refractivity contribution in [3.05, 3.63) is 70.7 Å². The van der Waals surface area contributed by atoms with E-state index >= 15 is 0 Å². The minimum absolute atomic E-state index is 0.178. The molecule has 0 saturated heterocycles. The van der Waals surface area contributed by atoms with Gasteiger partial charge in [-0.1, -0.05) is 46.8 Å². The number of benzene rings is 2. The summed E-state index contributed by atoms with van der Waals surface area (Å²) in [6.07, 6.45) is 0. The summed E-state index contributed by atoms with van der Waals surface area (Å²) in [5.41, 5.74) is 2.68. The normalized spacial score (nSPS) is 10.1. The number of hydrogen-bond donors (Lipinski definition) is 1. The number of anilines is 1. The fourth-order valence-electron chi connectivity index (χ4n) is 2.04. The molecule has 0 radical (unpaired) electrons. The topological polar surface area (TPSA) is 41.6 Å². The monoisotopic (exact) mass is 388 g/mol. The lowest BCUT2D eigenvalue weighted by molar-refractivity contribution is 0.220. The first-order valence-corrected chi connectivity index (χ1v) is 8.38. The van der Waals surface area contributed by atoms with Gasteiger partial charge >= 0.3 is 6.03 Å². The van der Waals surface area contributed by atoms with E-state index in [2.05, 4.69) is 27.8 Å². The second kappa shape index (κ2) is 8.55. The predicted molar refractivity (Wildman–Crippen MR) is 101 cm³/mol. The van der Waals surface area contributed by atoms with Gasteiger partial charge in [-0.2, -0.15) is 0 Å². The molecule has 2 rings (SSSR count). The molecular weight excluding hydrogens is 368 g/mol. The van der Waals surface area contributed by atoms with Crippen molar-refractivity contribution >= 4 is 27.6 Å². The maximum absolute atomic E-state index is 12.4. The molecule has 0 fully saturated rings. The van der Waals surface area contributed by atoms with E-state index < -0.39 is 0 Å². The van der Waals surface area contributed by atoms with Crippen LogP contribution >= 0.6 is 15.9 Å². The fraction of sp³-hybridized carbons (Fsp3) is 0.211. The molecule has 0 aliphatic carbocycles. The van der Waals surface area contributed by atoms with Gasteiger partial charge in [0.1, 0.15) is 12.4 Å². The Morgan fingerprint density at radius 3 is 2.71 bits per heavy atom. The van der Waals surface area contributed by atoms with Gasteiger partial charge in [0, 0.05) is 29.8 Å². The van der Waals surface area contributed by atoms with Crippen LogP contribution in [0.5, 0.6) is 5.75 Å². The maximum Gasteiger partial charge on any atom is 0.321 e. The number of rotatable bonds is 6. The maximum atomic E-state index is 12.4. The van der Waals surface area contributed by atoms with Crippen LogP contribution in [0.1, 0.15) is 12.5 Å². The molecule has 0 heterocycles.